The Morgan fingerprint density at radius 2 is 2.20 bits per heavy atom. The molecular formula is C9H20N2O3S. The summed E-state index contributed by atoms with van der Waals surface area (Å²) in [4.78, 5) is 11.4. The molecule has 1 amide bonds. The van der Waals surface area contributed by atoms with Crippen molar-refractivity contribution in [3.63, 3.8) is 0 Å². The number of hydrogen-bond donors (Lipinski definition) is 2. The number of methoxy groups -OCH3 is 1. The average molecular weight is 236 g/mol. The van der Waals surface area contributed by atoms with E-state index < -0.39 is 10.8 Å². The molecule has 0 radical (unpaired) electrons. The summed E-state index contributed by atoms with van der Waals surface area (Å²) in [6.07, 6.45) is 1.62. The Morgan fingerprint density at radius 1 is 1.60 bits per heavy atom. The zero-order valence-electron chi connectivity index (χ0n) is 9.49. The van der Waals surface area contributed by atoms with Crippen LogP contribution in [0.25, 0.3) is 0 Å². The third-order valence-electron chi connectivity index (χ3n) is 2.16. The van der Waals surface area contributed by atoms with Gasteiger partial charge in [-0.3, -0.25) is 9.00 Å². The second-order valence-corrected chi connectivity index (χ2v) is 5.21. The van der Waals surface area contributed by atoms with E-state index in [-0.39, 0.29) is 23.7 Å². The van der Waals surface area contributed by atoms with Crippen LogP contribution in [-0.4, -0.2) is 47.9 Å². The molecule has 5 nitrogen and oxygen atoms in total. The van der Waals surface area contributed by atoms with Crippen LogP contribution in [0.15, 0.2) is 0 Å². The van der Waals surface area contributed by atoms with E-state index in [4.69, 9.17) is 10.5 Å². The number of rotatable bonds is 7. The SMILES string of the molecule is COC(CN)CC(=O)NCC(C)S(C)=O. The van der Waals surface area contributed by atoms with Crippen LogP contribution in [0.3, 0.4) is 0 Å². The van der Waals surface area contributed by atoms with Crippen LogP contribution in [0, 0.1) is 0 Å². The fourth-order valence-electron chi connectivity index (χ4n) is 0.917. The normalized spacial score (nSPS) is 16.8. The molecule has 0 saturated heterocycles. The van der Waals surface area contributed by atoms with Gasteiger partial charge in [0.2, 0.25) is 5.91 Å². The van der Waals surface area contributed by atoms with Crippen LogP contribution in [0.4, 0.5) is 0 Å². The molecule has 0 aliphatic rings. The molecule has 0 bridgehead atoms. The van der Waals surface area contributed by atoms with Gasteiger partial charge in [-0.1, -0.05) is 0 Å². The molecule has 3 atom stereocenters. The lowest BCUT2D eigenvalue weighted by Gasteiger charge is -2.14. The van der Waals surface area contributed by atoms with Crippen LogP contribution in [0.1, 0.15) is 13.3 Å². The Hall–Kier alpha value is -0.460. The summed E-state index contributed by atoms with van der Waals surface area (Å²) in [6.45, 7) is 2.56. The van der Waals surface area contributed by atoms with Crippen molar-refractivity contribution in [2.24, 2.45) is 5.73 Å². The minimum atomic E-state index is -0.914. The first kappa shape index (κ1) is 14.5. The molecule has 0 aromatic rings. The topological polar surface area (TPSA) is 81.4 Å². The Balaban J connectivity index is 3.79. The van der Waals surface area contributed by atoms with Crippen molar-refractivity contribution in [2.45, 2.75) is 24.7 Å². The van der Waals surface area contributed by atoms with E-state index in [9.17, 15) is 9.00 Å². The van der Waals surface area contributed by atoms with E-state index in [0.717, 1.165) is 0 Å². The summed E-state index contributed by atoms with van der Waals surface area (Å²) in [5, 5.41) is 2.66. The van der Waals surface area contributed by atoms with E-state index >= 15 is 0 Å². The molecular weight excluding hydrogens is 216 g/mol. The number of nitrogens with one attached hydrogen (secondary N) is 1. The van der Waals surface area contributed by atoms with Gasteiger partial charge in [-0.15, -0.1) is 0 Å². The van der Waals surface area contributed by atoms with Crippen molar-refractivity contribution in [3.05, 3.63) is 0 Å². The number of ether oxygens (including phenoxy) is 1. The molecule has 15 heavy (non-hydrogen) atoms. The highest BCUT2D eigenvalue weighted by molar-refractivity contribution is 7.84. The molecule has 3 N–H and O–H groups in total. The first-order chi connectivity index (χ1) is 7.01. The van der Waals surface area contributed by atoms with Crippen LogP contribution < -0.4 is 11.1 Å². The maximum Gasteiger partial charge on any atom is 0.222 e. The van der Waals surface area contributed by atoms with Crippen LogP contribution in [0.5, 0.6) is 0 Å². The van der Waals surface area contributed by atoms with Crippen LogP contribution in [-0.2, 0) is 20.3 Å². The first-order valence-electron chi connectivity index (χ1n) is 4.83. The molecule has 0 fully saturated rings. The van der Waals surface area contributed by atoms with Gasteiger partial charge < -0.3 is 15.8 Å². The van der Waals surface area contributed by atoms with Gasteiger partial charge in [0.25, 0.3) is 0 Å². The summed E-state index contributed by atoms with van der Waals surface area (Å²) in [7, 11) is 0.609. The molecule has 6 heteroatoms. The summed E-state index contributed by atoms with van der Waals surface area (Å²) < 4.78 is 16.0. The second-order valence-electron chi connectivity index (χ2n) is 3.41. The largest absolute Gasteiger partial charge is 0.380 e. The third kappa shape index (κ3) is 6.59. The third-order valence-corrected chi connectivity index (χ3v) is 3.46. The van der Waals surface area contributed by atoms with Gasteiger partial charge in [0, 0.05) is 42.5 Å². The minimum absolute atomic E-state index is 0.0344. The van der Waals surface area contributed by atoms with Gasteiger partial charge in [-0.05, 0) is 6.92 Å². The molecule has 3 unspecified atom stereocenters. The van der Waals surface area contributed by atoms with Crippen LogP contribution in [0.2, 0.25) is 0 Å². The van der Waals surface area contributed by atoms with E-state index in [2.05, 4.69) is 5.32 Å². The predicted molar refractivity (Wildman–Crippen MR) is 61.0 cm³/mol. The van der Waals surface area contributed by atoms with E-state index in [0.29, 0.717) is 13.1 Å². The molecule has 0 aromatic carbocycles. The molecule has 0 aliphatic carbocycles. The highest BCUT2D eigenvalue weighted by atomic mass is 32.2. The Kier molecular flexibility index (Phi) is 7.54. The van der Waals surface area contributed by atoms with E-state index in [1.807, 2.05) is 6.92 Å². The first-order valence-corrected chi connectivity index (χ1v) is 6.45. The lowest BCUT2D eigenvalue weighted by atomic mass is 10.2. The maximum absolute atomic E-state index is 11.4. The van der Waals surface area contributed by atoms with Gasteiger partial charge >= 0.3 is 0 Å². The number of hydrogen-bond acceptors (Lipinski definition) is 4. The highest BCUT2D eigenvalue weighted by Crippen LogP contribution is 1.95. The number of nitrogens with two attached hydrogens (primary N) is 1. The van der Waals surface area contributed by atoms with Crippen molar-refractivity contribution in [2.75, 3.05) is 26.5 Å². The van der Waals surface area contributed by atoms with Gasteiger partial charge in [0.05, 0.1) is 12.5 Å². The fraction of sp³-hybridized carbons (Fsp3) is 0.889. The van der Waals surface area contributed by atoms with Crippen LogP contribution >= 0.6 is 0 Å². The van der Waals surface area contributed by atoms with Crippen molar-refractivity contribution >= 4 is 16.7 Å². The maximum atomic E-state index is 11.4. The second kappa shape index (κ2) is 7.78. The van der Waals surface area contributed by atoms with Gasteiger partial charge in [0.15, 0.2) is 0 Å². The summed E-state index contributed by atoms with van der Waals surface area (Å²) in [6, 6.07) is 0. The molecule has 0 aromatic heterocycles. The lowest BCUT2D eigenvalue weighted by Crippen LogP contribution is -2.36. The van der Waals surface area contributed by atoms with Crippen molar-refractivity contribution < 1.29 is 13.7 Å². The van der Waals surface area contributed by atoms with E-state index in [1.54, 1.807) is 6.26 Å². The summed E-state index contributed by atoms with van der Waals surface area (Å²) in [5.41, 5.74) is 5.38. The van der Waals surface area contributed by atoms with Crippen molar-refractivity contribution in [1.82, 2.24) is 5.32 Å². The van der Waals surface area contributed by atoms with Gasteiger partial charge in [-0.2, -0.15) is 0 Å². The smallest absolute Gasteiger partial charge is 0.222 e. The Bertz CT molecular complexity index is 219. The average Bonchev–Trinajstić information content (AvgIpc) is 2.22. The molecule has 0 saturated carbocycles. The lowest BCUT2D eigenvalue weighted by molar-refractivity contribution is -0.123. The minimum Gasteiger partial charge on any atom is -0.380 e. The van der Waals surface area contributed by atoms with Gasteiger partial charge in [-0.25, -0.2) is 0 Å². The summed E-state index contributed by atoms with van der Waals surface area (Å²) >= 11 is 0. The van der Waals surface area contributed by atoms with Crippen molar-refractivity contribution in [1.29, 1.82) is 0 Å². The molecule has 0 heterocycles. The quantitative estimate of drug-likeness (QED) is 0.608. The number of amides is 1. The molecule has 90 valence electrons. The highest BCUT2D eigenvalue weighted by Gasteiger charge is 2.13. The Labute approximate surface area is 93.2 Å². The van der Waals surface area contributed by atoms with Gasteiger partial charge in [0.1, 0.15) is 0 Å². The standard InChI is InChI=1S/C9H20N2O3S/c1-7(15(3)13)6-11-9(12)4-8(5-10)14-2/h7-8H,4-6,10H2,1-3H3,(H,11,12). The molecule has 0 rings (SSSR count). The zero-order chi connectivity index (χ0) is 11.8. The Morgan fingerprint density at radius 3 is 2.60 bits per heavy atom. The number of carbonyl (C=O) groups is 1. The molecule has 0 aliphatic heterocycles. The zero-order valence-corrected chi connectivity index (χ0v) is 10.3. The van der Waals surface area contributed by atoms with E-state index in [1.165, 1.54) is 7.11 Å². The summed E-state index contributed by atoms with van der Waals surface area (Å²) in [5.74, 6) is -0.121. The van der Waals surface area contributed by atoms with Crippen molar-refractivity contribution in [3.8, 4) is 0 Å². The molecule has 0 spiro atoms. The fourth-order valence-corrected chi connectivity index (χ4v) is 1.23. The number of carbonyl (C=O) groups excluding carboxylic acids is 1. The monoisotopic (exact) mass is 236 g/mol. The predicted octanol–water partition coefficient (Wildman–Crippen LogP) is -0.767.